The standard InChI is InChI=1S/C20H27N3O/c1-4-23-15(3)21-20(19(23)24)10-9-17-12-22(13-18(17)20)11-16-8-6-5-7-14(16)2/h5-8,17-18H,4,9-13H2,1-3H3/t17-,18+,20-/m1/s1. The third-order valence-electron chi connectivity index (χ3n) is 6.37. The summed E-state index contributed by atoms with van der Waals surface area (Å²) < 4.78 is 0. The Morgan fingerprint density at radius 3 is 2.75 bits per heavy atom. The van der Waals surface area contributed by atoms with Crippen LogP contribution in [0.4, 0.5) is 0 Å². The summed E-state index contributed by atoms with van der Waals surface area (Å²) in [5.41, 5.74) is 2.30. The van der Waals surface area contributed by atoms with E-state index < -0.39 is 5.54 Å². The lowest BCUT2D eigenvalue weighted by Crippen LogP contribution is -2.46. The number of likely N-dealkylation sites (tertiary alicyclic amines) is 1. The highest BCUT2D eigenvalue weighted by Gasteiger charge is 2.60. The van der Waals surface area contributed by atoms with Gasteiger partial charge in [-0.15, -0.1) is 0 Å². The zero-order valence-electron chi connectivity index (χ0n) is 15.0. The van der Waals surface area contributed by atoms with E-state index in [1.54, 1.807) is 0 Å². The number of carbonyl (C=O) groups excluding carboxylic acids is 1. The number of hydrogen-bond acceptors (Lipinski definition) is 3. The second-order valence-electron chi connectivity index (χ2n) is 7.66. The molecular formula is C20H27N3O. The van der Waals surface area contributed by atoms with Crippen molar-refractivity contribution in [1.82, 2.24) is 9.80 Å². The van der Waals surface area contributed by atoms with Crippen molar-refractivity contribution in [2.45, 2.75) is 45.7 Å². The number of rotatable bonds is 3. The smallest absolute Gasteiger partial charge is 0.256 e. The van der Waals surface area contributed by atoms with Crippen LogP contribution in [0.2, 0.25) is 0 Å². The Labute approximate surface area is 144 Å². The van der Waals surface area contributed by atoms with Crippen molar-refractivity contribution in [3.05, 3.63) is 35.4 Å². The van der Waals surface area contributed by atoms with Gasteiger partial charge in [-0.2, -0.15) is 0 Å². The molecule has 0 unspecified atom stereocenters. The maximum Gasteiger partial charge on any atom is 0.256 e. The number of benzene rings is 1. The first-order valence-corrected chi connectivity index (χ1v) is 9.20. The first kappa shape index (κ1) is 15.8. The highest BCUT2D eigenvalue weighted by atomic mass is 16.2. The SMILES string of the molecule is CCN1C(=O)[C@]2(CC[C@@H]3CN(Cc4ccccc4C)C[C@@H]32)N=C1C. The molecule has 3 atom stereocenters. The third-order valence-corrected chi connectivity index (χ3v) is 6.37. The van der Waals surface area contributed by atoms with Gasteiger partial charge in [-0.25, -0.2) is 0 Å². The number of aryl methyl sites for hydroxylation is 1. The van der Waals surface area contributed by atoms with Crippen molar-refractivity contribution in [2.24, 2.45) is 16.8 Å². The van der Waals surface area contributed by atoms with E-state index in [1.807, 2.05) is 18.7 Å². The van der Waals surface area contributed by atoms with Gasteiger partial charge in [0.2, 0.25) is 0 Å². The lowest BCUT2D eigenvalue weighted by molar-refractivity contribution is -0.132. The van der Waals surface area contributed by atoms with Crippen LogP contribution in [0, 0.1) is 18.8 Å². The Hall–Kier alpha value is -1.68. The number of aliphatic imine (C=N–C) groups is 1. The number of likely N-dealkylation sites (N-methyl/N-ethyl adjacent to an activating group) is 1. The van der Waals surface area contributed by atoms with E-state index >= 15 is 0 Å². The van der Waals surface area contributed by atoms with Gasteiger partial charge in [-0.05, 0) is 50.7 Å². The number of amides is 1. The number of carbonyl (C=O) groups is 1. The van der Waals surface area contributed by atoms with Crippen LogP contribution >= 0.6 is 0 Å². The molecule has 1 spiro atoms. The van der Waals surface area contributed by atoms with Crippen LogP contribution in [-0.2, 0) is 11.3 Å². The Morgan fingerprint density at radius 2 is 2.04 bits per heavy atom. The summed E-state index contributed by atoms with van der Waals surface area (Å²) in [7, 11) is 0. The summed E-state index contributed by atoms with van der Waals surface area (Å²) in [4.78, 5) is 22.4. The van der Waals surface area contributed by atoms with Crippen molar-refractivity contribution in [3.63, 3.8) is 0 Å². The molecule has 3 aliphatic rings. The van der Waals surface area contributed by atoms with Crippen molar-refractivity contribution in [2.75, 3.05) is 19.6 Å². The molecule has 4 rings (SSSR count). The lowest BCUT2D eigenvalue weighted by Gasteiger charge is -2.28. The molecule has 1 saturated heterocycles. The molecular weight excluding hydrogens is 298 g/mol. The van der Waals surface area contributed by atoms with Gasteiger partial charge in [-0.3, -0.25) is 19.6 Å². The summed E-state index contributed by atoms with van der Waals surface area (Å²) in [6.07, 6.45) is 2.07. The van der Waals surface area contributed by atoms with Crippen LogP contribution in [0.1, 0.15) is 37.8 Å². The van der Waals surface area contributed by atoms with Gasteiger partial charge in [0, 0.05) is 32.1 Å². The quantitative estimate of drug-likeness (QED) is 0.857. The van der Waals surface area contributed by atoms with Crippen molar-refractivity contribution in [1.29, 1.82) is 0 Å². The van der Waals surface area contributed by atoms with Gasteiger partial charge in [0.05, 0.1) is 0 Å². The highest BCUT2D eigenvalue weighted by molar-refractivity contribution is 6.07. The highest BCUT2D eigenvalue weighted by Crippen LogP contribution is 2.50. The van der Waals surface area contributed by atoms with E-state index in [2.05, 4.69) is 36.1 Å². The Kier molecular flexibility index (Phi) is 3.75. The second-order valence-corrected chi connectivity index (χ2v) is 7.66. The summed E-state index contributed by atoms with van der Waals surface area (Å²) in [5, 5.41) is 0. The van der Waals surface area contributed by atoms with Gasteiger partial charge < -0.3 is 0 Å². The van der Waals surface area contributed by atoms with Crippen LogP contribution in [0.3, 0.4) is 0 Å². The molecule has 1 aromatic carbocycles. The average Bonchev–Trinajstić information content (AvgIpc) is 3.17. The molecule has 1 aromatic rings. The third kappa shape index (κ3) is 2.23. The summed E-state index contributed by atoms with van der Waals surface area (Å²) in [6.45, 7) is 10.0. The minimum atomic E-state index is -0.453. The van der Waals surface area contributed by atoms with Crippen LogP contribution in [0.5, 0.6) is 0 Å². The van der Waals surface area contributed by atoms with Crippen molar-refractivity contribution >= 4 is 11.7 Å². The van der Waals surface area contributed by atoms with Crippen molar-refractivity contribution < 1.29 is 4.79 Å². The molecule has 4 nitrogen and oxygen atoms in total. The normalized spacial score (nSPS) is 32.7. The zero-order valence-corrected chi connectivity index (χ0v) is 15.0. The van der Waals surface area contributed by atoms with Crippen molar-refractivity contribution in [3.8, 4) is 0 Å². The number of amidine groups is 1. The summed E-state index contributed by atoms with van der Waals surface area (Å²) >= 11 is 0. The van der Waals surface area contributed by atoms with Crippen LogP contribution < -0.4 is 0 Å². The minimum Gasteiger partial charge on any atom is -0.299 e. The first-order valence-electron chi connectivity index (χ1n) is 9.20. The molecule has 24 heavy (non-hydrogen) atoms. The maximum absolute atomic E-state index is 13.0. The molecule has 0 radical (unpaired) electrons. The van der Waals surface area contributed by atoms with Gasteiger partial charge in [0.25, 0.3) is 5.91 Å². The number of fused-ring (bicyclic) bond motifs is 2. The van der Waals surface area contributed by atoms with E-state index in [1.165, 1.54) is 11.1 Å². The number of nitrogens with zero attached hydrogens (tertiary/aromatic N) is 3. The summed E-state index contributed by atoms with van der Waals surface area (Å²) in [6, 6.07) is 8.62. The van der Waals surface area contributed by atoms with E-state index in [-0.39, 0.29) is 5.91 Å². The monoisotopic (exact) mass is 325 g/mol. The van der Waals surface area contributed by atoms with Gasteiger partial charge in [0.1, 0.15) is 11.4 Å². The fourth-order valence-corrected chi connectivity index (χ4v) is 5.10. The Bertz CT molecular complexity index is 698. The maximum atomic E-state index is 13.0. The molecule has 0 aromatic heterocycles. The molecule has 1 aliphatic carbocycles. The predicted molar refractivity (Wildman–Crippen MR) is 95.9 cm³/mol. The first-order chi connectivity index (χ1) is 11.5. The Balaban J connectivity index is 1.54. The molecule has 0 bridgehead atoms. The van der Waals surface area contributed by atoms with Gasteiger partial charge in [-0.1, -0.05) is 24.3 Å². The topological polar surface area (TPSA) is 35.9 Å². The molecule has 1 amide bonds. The van der Waals surface area contributed by atoms with E-state index in [9.17, 15) is 4.79 Å². The van der Waals surface area contributed by atoms with E-state index in [0.717, 1.165) is 44.9 Å². The van der Waals surface area contributed by atoms with Crippen LogP contribution in [0.25, 0.3) is 0 Å². The largest absolute Gasteiger partial charge is 0.299 e. The zero-order chi connectivity index (χ0) is 16.9. The number of hydrogen-bond donors (Lipinski definition) is 0. The molecule has 2 fully saturated rings. The van der Waals surface area contributed by atoms with Crippen LogP contribution in [0.15, 0.2) is 29.3 Å². The summed E-state index contributed by atoms with van der Waals surface area (Å²) in [5.74, 6) is 2.18. The molecule has 128 valence electrons. The second kappa shape index (κ2) is 5.69. The molecule has 2 aliphatic heterocycles. The van der Waals surface area contributed by atoms with Crippen LogP contribution in [-0.4, -0.2) is 46.7 Å². The average molecular weight is 325 g/mol. The minimum absolute atomic E-state index is 0.257. The molecule has 2 heterocycles. The van der Waals surface area contributed by atoms with Gasteiger partial charge in [0.15, 0.2) is 0 Å². The fourth-order valence-electron chi connectivity index (χ4n) is 5.10. The molecule has 1 saturated carbocycles. The lowest BCUT2D eigenvalue weighted by atomic mass is 9.85. The molecule has 0 N–H and O–H groups in total. The Morgan fingerprint density at radius 1 is 1.25 bits per heavy atom. The van der Waals surface area contributed by atoms with Gasteiger partial charge >= 0.3 is 0 Å². The fraction of sp³-hybridized carbons (Fsp3) is 0.600. The molecule has 4 heteroatoms. The van der Waals surface area contributed by atoms with E-state index in [4.69, 9.17) is 4.99 Å². The van der Waals surface area contributed by atoms with E-state index in [0.29, 0.717) is 11.8 Å². The predicted octanol–water partition coefficient (Wildman–Crippen LogP) is 2.86.